The highest BCUT2D eigenvalue weighted by molar-refractivity contribution is 7.88. The van der Waals surface area contributed by atoms with Crippen molar-refractivity contribution in [3.8, 4) is 0 Å². The zero-order valence-corrected chi connectivity index (χ0v) is 13.1. The third kappa shape index (κ3) is 3.26. The molecule has 3 rings (SSSR count). The van der Waals surface area contributed by atoms with Crippen molar-refractivity contribution < 1.29 is 13.2 Å². The molecule has 2 saturated heterocycles. The van der Waals surface area contributed by atoms with Gasteiger partial charge in [-0.1, -0.05) is 36.5 Å². The van der Waals surface area contributed by atoms with Gasteiger partial charge in [0.15, 0.2) is 0 Å². The van der Waals surface area contributed by atoms with Crippen LogP contribution in [0.5, 0.6) is 0 Å². The highest BCUT2D eigenvalue weighted by Crippen LogP contribution is 2.34. The summed E-state index contributed by atoms with van der Waals surface area (Å²) in [5.41, 5.74) is 6.88. The molecule has 0 saturated carbocycles. The van der Waals surface area contributed by atoms with Gasteiger partial charge in [0, 0.05) is 5.56 Å². The molecule has 2 bridgehead atoms. The molecule has 3 atom stereocenters. The Bertz CT molecular complexity index is 660. The van der Waals surface area contributed by atoms with Gasteiger partial charge < -0.3 is 10.5 Å². The summed E-state index contributed by atoms with van der Waals surface area (Å²) in [7, 11) is -3.44. The van der Waals surface area contributed by atoms with Crippen LogP contribution in [0.3, 0.4) is 0 Å². The van der Waals surface area contributed by atoms with Gasteiger partial charge in [0.05, 0.1) is 24.0 Å². The molecule has 2 aliphatic rings. The zero-order valence-electron chi connectivity index (χ0n) is 11.5. The third-order valence-corrected chi connectivity index (χ3v) is 5.64. The second kappa shape index (κ2) is 5.64. The monoisotopic (exact) mass is 326 g/mol. The maximum Gasteiger partial charge on any atom is 0.216 e. The molecule has 114 valence electrons. The fourth-order valence-corrected chi connectivity index (χ4v) is 4.78. The van der Waals surface area contributed by atoms with Gasteiger partial charge in [-0.3, -0.25) is 0 Å². The molecule has 7 heteroatoms. The van der Waals surface area contributed by atoms with E-state index < -0.39 is 10.0 Å². The number of hydrogen-bond acceptors (Lipinski definition) is 4. The van der Waals surface area contributed by atoms with E-state index in [0.29, 0.717) is 11.1 Å². The summed E-state index contributed by atoms with van der Waals surface area (Å²) in [4.78, 5) is 0.212. The van der Waals surface area contributed by atoms with Gasteiger partial charge in [0.2, 0.25) is 10.0 Å². The lowest BCUT2D eigenvalue weighted by atomic mass is 9.96. The summed E-state index contributed by atoms with van der Waals surface area (Å²) < 4.78 is 33.2. The van der Waals surface area contributed by atoms with Crippen LogP contribution in [-0.4, -0.2) is 31.7 Å². The van der Waals surface area contributed by atoms with Gasteiger partial charge in [0.1, 0.15) is 4.99 Å². The van der Waals surface area contributed by atoms with Crippen LogP contribution in [0.1, 0.15) is 30.4 Å². The molecule has 3 N–H and O–H groups in total. The van der Waals surface area contributed by atoms with Gasteiger partial charge in [-0.15, -0.1) is 0 Å². The molecular formula is C14H18N2O3S2. The molecule has 2 fully saturated rings. The number of thiocarbonyl (C=S) groups is 1. The summed E-state index contributed by atoms with van der Waals surface area (Å²) in [5.74, 6) is -0.117. The number of sulfonamides is 1. The summed E-state index contributed by atoms with van der Waals surface area (Å²) in [6.07, 6.45) is 2.97. The number of nitrogens with one attached hydrogen (secondary N) is 1. The minimum atomic E-state index is -3.44. The first-order chi connectivity index (χ1) is 9.94. The van der Waals surface area contributed by atoms with E-state index in [1.54, 1.807) is 24.3 Å². The lowest BCUT2D eigenvalue weighted by molar-refractivity contribution is 0.0996. The van der Waals surface area contributed by atoms with Gasteiger partial charge in [-0.05, 0) is 24.8 Å². The van der Waals surface area contributed by atoms with E-state index >= 15 is 0 Å². The normalized spacial score (nSPS) is 27.9. The number of nitrogens with two attached hydrogens (primary N) is 1. The standard InChI is InChI=1S/C14H18N2O3S2/c15-14(20)11-4-2-1-3-9(11)8-21(17,18)16-12-7-10-5-6-13(12)19-10/h1-4,10,12-13,16H,5-8H2,(H2,15,20). The lowest BCUT2D eigenvalue weighted by Crippen LogP contribution is -2.41. The Hall–Kier alpha value is -1.02. The molecule has 2 heterocycles. The molecule has 21 heavy (non-hydrogen) atoms. The number of rotatable bonds is 5. The number of benzene rings is 1. The zero-order chi connectivity index (χ0) is 15.0. The van der Waals surface area contributed by atoms with E-state index in [2.05, 4.69) is 4.72 Å². The molecular weight excluding hydrogens is 308 g/mol. The van der Waals surface area contributed by atoms with Gasteiger partial charge >= 0.3 is 0 Å². The Morgan fingerprint density at radius 3 is 2.76 bits per heavy atom. The second-order valence-electron chi connectivity index (χ2n) is 5.61. The van der Waals surface area contributed by atoms with Crippen molar-refractivity contribution in [2.45, 2.75) is 43.3 Å². The van der Waals surface area contributed by atoms with Crippen molar-refractivity contribution >= 4 is 27.2 Å². The quantitative estimate of drug-likeness (QED) is 0.791. The summed E-state index contributed by atoms with van der Waals surface area (Å²) >= 11 is 4.97. The third-order valence-electron chi connectivity index (χ3n) is 4.07. The van der Waals surface area contributed by atoms with Gasteiger partial charge in [0.25, 0.3) is 0 Å². The number of fused-ring (bicyclic) bond motifs is 2. The molecule has 0 aromatic heterocycles. The number of hydrogen-bond donors (Lipinski definition) is 2. The molecule has 1 aromatic rings. The van der Waals surface area contributed by atoms with E-state index in [-0.39, 0.29) is 29.0 Å². The van der Waals surface area contributed by atoms with Gasteiger partial charge in [-0.25, -0.2) is 13.1 Å². The summed E-state index contributed by atoms with van der Waals surface area (Å²) in [6.45, 7) is 0. The van der Waals surface area contributed by atoms with Crippen LogP contribution in [0.15, 0.2) is 24.3 Å². The van der Waals surface area contributed by atoms with Crippen LogP contribution < -0.4 is 10.5 Å². The minimum Gasteiger partial charge on any atom is -0.389 e. The molecule has 0 spiro atoms. The fraction of sp³-hybridized carbons (Fsp3) is 0.500. The van der Waals surface area contributed by atoms with Crippen LogP contribution in [-0.2, 0) is 20.5 Å². The Morgan fingerprint density at radius 2 is 2.14 bits per heavy atom. The van der Waals surface area contributed by atoms with E-state index in [4.69, 9.17) is 22.7 Å². The van der Waals surface area contributed by atoms with Crippen molar-refractivity contribution in [3.63, 3.8) is 0 Å². The minimum absolute atomic E-state index is 0.0237. The average Bonchev–Trinajstić information content (AvgIpc) is 3.00. The molecule has 5 nitrogen and oxygen atoms in total. The highest BCUT2D eigenvalue weighted by atomic mass is 32.2. The predicted molar refractivity (Wildman–Crippen MR) is 84.4 cm³/mol. The maximum absolute atomic E-state index is 12.4. The second-order valence-corrected chi connectivity index (χ2v) is 7.81. The van der Waals surface area contributed by atoms with E-state index in [9.17, 15) is 8.42 Å². The van der Waals surface area contributed by atoms with Crippen molar-refractivity contribution in [1.29, 1.82) is 0 Å². The molecule has 1 aromatic carbocycles. The van der Waals surface area contributed by atoms with E-state index in [1.807, 2.05) is 0 Å². The first-order valence-corrected chi connectivity index (χ1v) is 9.04. The van der Waals surface area contributed by atoms with Crippen LogP contribution in [0, 0.1) is 0 Å². The smallest absolute Gasteiger partial charge is 0.216 e. The maximum atomic E-state index is 12.4. The average molecular weight is 326 g/mol. The van der Waals surface area contributed by atoms with Crippen LogP contribution in [0.25, 0.3) is 0 Å². The molecule has 3 unspecified atom stereocenters. The summed E-state index contributed by atoms with van der Waals surface area (Å²) in [5, 5.41) is 0. The first-order valence-electron chi connectivity index (χ1n) is 6.98. The Labute approximate surface area is 129 Å². The number of ether oxygens (including phenoxy) is 1. The Kier molecular flexibility index (Phi) is 4.00. The first kappa shape index (κ1) is 14.9. The predicted octanol–water partition coefficient (Wildman–Crippen LogP) is 1.06. The molecule has 0 amide bonds. The Balaban J connectivity index is 1.73. The molecule has 0 radical (unpaired) electrons. The molecule has 2 aliphatic heterocycles. The lowest BCUT2D eigenvalue weighted by Gasteiger charge is -2.20. The van der Waals surface area contributed by atoms with Gasteiger partial charge in [-0.2, -0.15) is 0 Å². The van der Waals surface area contributed by atoms with Crippen molar-refractivity contribution in [2.24, 2.45) is 5.73 Å². The Morgan fingerprint density at radius 1 is 1.38 bits per heavy atom. The van der Waals surface area contributed by atoms with Crippen LogP contribution in [0.4, 0.5) is 0 Å². The topological polar surface area (TPSA) is 81.4 Å². The van der Waals surface area contributed by atoms with Crippen molar-refractivity contribution in [3.05, 3.63) is 35.4 Å². The van der Waals surface area contributed by atoms with Crippen LogP contribution in [0.2, 0.25) is 0 Å². The van der Waals surface area contributed by atoms with E-state index in [0.717, 1.165) is 19.3 Å². The van der Waals surface area contributed by atoms with Crippen LogP contribution >= 0.6 is 12.2 Å². The van der Waals surface area contributed by atoms with E-state index in [1.165, 1.54) is 0 Å². The van der Waals surface area contributed by atoms with Crippen molar-refractivity contribution in [2.75, 3.05) is 0 Å². The summed E-state index contributed by atoms with van der Waals surface area (Å²) in [6, 6.07) is 6.96. The highest BCUT2D eigenvalue weighted by Gasteiger charge is 2.42. The SMILES string of the molecule is NC(=S)c1ccccc1CS(=O)(=O)NC1CC2CCC1O2. The fourth-order valence-electron chi connectivity index (χ4n) is 3.13. The van der Waals surface area contributed by atoms with Crippen molar-refractivity contribution in [1.82, 2.24) is 4.72 Å². The largest absolute Gasteiger partial charge is 0.389 e. The molecule has 0 aliphatic carbocycles.